The van der Waals surface area contributed by atoms with Gasteiger partial charge in [-0.25, -0.2) is 13.2 Å². The summed E-state index contributed by atoms with van der Waals surface area (Å²) in [4.78, 5) is 26.3. The first-order valence-electron chi connectivity index (χ1n) is 6.76. The molecule has 0 bridgehead atoms. The van der Waals surface area contributed by atoms with Crippen molar-refractivity contribution in [1.29, 1.82) is 0 Å². The summed E-state index contributed by atoms with van der Waals surface area (Å²) >= 11 is 0. The second kappa shape index (κ2) is 5.59. The Labute approximate surface area is 118 Å². The van der Waals surface area contributed by atoms with Crippen LogP contribution in [0.4, 0.5) is 4.79 Å². The molecule has 2 saturated heterocycles. The molecule has 0 saturated carbocycles. The van der Waals surface area contributed by atoms with Crippen molar-refractivity contribution in [3.05, 3.63) is 0 Å². The number of likely N-dealkylation sites (tertiary alicyclic amines) is 1. The quantitative estimate of drug-likeness (QED) is 0.776. The van der Waals surface area contributed by atoms with E-state index in [1.165, 1.54) is 0 Å². The van der Waals surface area contributed by atoms with Crippen LogP contribution in [0.25, 0.3) is 0 Å². The SMILES string of the molecule is CC1CS(=O)(=O)CCN1C(=O)N1CCC(CC(=O)O)C1. The number of hydrogen-bond donors (Lipinski definition) is 1. The van der Waals surface area contributed by atoms with E-state index in [4.69, 9.17) is 5.11 Å². The molecule has 2 aliphatic heterocycles. The fourth-order valence-corrected chi connectivity index (χ4v) is 4.44. The largest absolute Gasteiger partial charge is 0.481 e. The summed E-state index contributed by atoms with van der Waals surface area (Å²) in [6, 6.07) is -0.486. The van der Waals surface area contributed by atoms with E-state index in [0.717, 1.165) is 0 Å². The van der Waals surface area contributed by atoms with Crippen LogP contribution >= 0.6 is 0 Å². The van der Waals surface area contributed by atoms with E-state index in [2.05, 4.69) is 0 Å². The molecule has 1 N–H and O–H groups in total. The molecule has 2 heterocycles. The van der Waals surface area contributed by atoms with Crippen LogP contribution in [-0.4, -0.2) is 72.5 Å². The summed E-state index contributed by atoms with van der Waals surface area (Å²) in [6.07, 6.45) is 0.770. The van der Waals surface area contributed by atoms with Gasteiger partial charge in [0.2, 0.25) is 0 Å². The lowest BCUT2D eigenvalue weighted by Gasteiger charge is -2.36. The van der Waals surface area contributed by atoms with Gasteiger partial charge >= 0.3 is 12.0 Å². The van der Waals surface area contributed by atoms with Crippen molar-refractivity contribution in [2.24, 2.45) is 5.92 Å². The minimum atomic E-state index is -3.04. The second-order valence-electron chi connectivity index (χ2n) is 5.64. The fraction of sp³-hybridized carbons (Fsp3) is 0.833. The number of amides is 2. The summed E-state index contributed by atoms with van der Waals surface area (Å²) in [7, 11) is -3.04. The molecule has 0 aromatic carbocycles. The van der Waals surface area contributed by atoms with Gasteiger partial charge in [-0.15, -0.1) is 0 Å². The lowest BCUT2D eigenvalue weighted by Crippen LogP contribution is -2.53. The molecule has 2 fully saturated rings. The van der Waals surface area contributed by atoms with Crippen molar-refractivity contribution < 1.29 is 23.1 Å². The van der Waals surface area contributed by atoms with Gasteiger partial charge in [0.25, 0.3) is 0 Å². The molecule has 20 heavy (non-hydrogen) atoms. The number of sulfone groups is 1. The molecule has 0 aromatic rings. The molecule has 0 spiro atoms. The average Bonchev–Trinajstić information content (AvgIpc) is 2.74. The lowest BCUT2D eigenvalue weighted by atomic mass is 10.1. The number of carbonyl (C=O) groups is 2. The highest BCUT2D eigenvalue weighted by Gasteiger charge is 2.36. The van der Waals surface area contributed by atoms with Crippen LogP contribution in [0.3, 0.4) is 0 Å². The number of carboxylic acids is 1. The third kappa shape index (κ3) is 3.41. The summed E-state index contributed by atoms with van der Waals surface area (Å²) in [5.41, 5.74) is 0. The number of aliphatic carboxylic acids is 1. The number of urea groups is 1. The van der Waals surface area contributed by atoms with E-state index in [9.17, 15) is 18.0 Å². The van der Waals surface area contributed by atoms with Gasteiger partial charge in [-0.3, -0.25) is 4.79 Å². The second-order valence-corrected chi connectivity index (χ2v) is 7.87. The Morgan fingerprint density at radius 3 is 2.60 bits per heavy atom. The zero-order valence-electron chi connectivity index (χ0n) is 11.5. The monoisotopic (exact) mass is 304 g/mol. The highest BCUT2D eigenvalue weighted by Crippen LogP contribution is 2.22. The minimum Gasteiger partial charge on any atom is -0.481 e. The summed E-state index contributed by atoms with van der Waals surface area (Å²) in [5, 5.41) is 8.77. The van der Waals surface area contributed by atoms with Crippen LogP contribution in [0.1, 0.15) is 19.8 Å². The predicted molar refractivity (Wildman–Crippen MR) is 72.2 cm³/mol. The summed E-state index contributed by atoms with van der Waals surface area (Å²) < 4.78 is 23.0. The topological polar surface area (TPSA) is 95.0 Å². The first-order valence-corrected chi connectivity index (χ1v) is 8.58. The molecule has 2 atom stereocenters. The summed E-state index contributed by atoms with van der Waals surface area (Å²) in [6.45, 7) is 2.95. The zero-order valence-corrected chi connectivity index (χ0v) is 12.3. The maximum atomic E-state index is 12.4. The van der Waals surface area contributed by atoms with Gasteiger partial charge in [0.05, 0.1) is 11.5 Å². The van der Waals surface area contributed by atoms with Crippen LogP contribution in [0.2, 0.25) is 0 Å². The molecule has 2 unspecified atom stereocenters. The lowest BCUT2D eigenvalue weighted by molar-refractivity contribution is -0.138. The maximum absolute atomic E-state index is 12.4. The zero-order chi connectivity index (χ0) is 14.9. The van der Waals surface area contributed by atoms with E-state index >= 15 is 0 Å². The molecule has 2 aliphatic rings. The predicted octanol–water partition coefficient (Wildman–Crippen LogP) is 0.0219. The normalized spacial score (nSPS) is 29.4. The molecule has 2 amide bonds. The van der Waals surface area contributed by atoms with Gasteiger partial charge in [-0.2, -0.15) is 0 Å². The van der Waals surface area contributed by atoms with Crippen LogP contribution in [0.5, 0.6) is 0 Å². The first kappa shape index (κ1) is 15.1. The Hall–Kier alpha value is -1.31. The molecule has 0 aromatic heterocycles. The van der Waals surface area contributed by atoms with E-state index in [1.54, 1.807) is 16.7 Å². The minimum absolute atomic E-state index is 0.000259. The number of carbonyl (C=O) groups excluding carboxylic acids is 1. The molecule has 7 nitrogen and oxygen atoms in total. The van der Waals surface area contributed by atoms with E-state index < -0.39 is 15.8 Å². The number of nitrogens with zero attached hydrogens (tertiary/aromatic N) is 2. The molecular formula is C12H20N2O5S. The average molecular weight is 304 g/mol. The third-order valence-corrected chi connectivity index (χ3v) is 5.73. The van der Waals surface area contributed by atoms with Gasteiger partial charge in [-0.05, 0) is 19.3 Å². The number of carboxylic acid groups (broad SMARTS) is 1. The highest BCUT2D eigenvalue weighted by atomic mass is 32.2. The van der Waals surface area contributed by atoms with Gasteiger partial charge in [0, 0.05) is 32.1 Å². The Morgan fingerprint density at radius 2 is 2.00 bits per heavy atom. The van der Waals surface area contributed by atoms with Crippen molar-refractivity contribution in [2.75, 3.05) is 31.1 Å². The molecule has 8 heteroatoms. The molecule has 0 aliphatic carbocycles. The Balaban J connectivity index is 1.94. The van der Waals surface area contributed by atoms with Crippen molar-refractivity contribution in [3.8, 4) is 0 Å². The first-order chi connectivity index (χ1) is 9.28. The molecule has 114 valence electrons. The fourth-order valence-electron chi connectivity index (χ4n) is 2.88. The van der Waals surface area contributed by atoms with Gasteiger partial charge in [-0.1, -0.05) is 0 Å². The Morgan fingerprint density at radius 1 is 1.30 bits per heavy atom. The summed E-state index contributed by atoms with van der Waals surface area (Å²) in [5.74, 6) is -0.831. The van der Waals surface area contributed by atoms with Crippen molar-refractivity contribution in [2.45, 2.75) is 25.8 Å². The molecular weight excluding hydrogens is 284 g/mol. The van der Waals surface area contributed by atoms with Crippen molar-refractivity contribution in [3.63, 3.8) is 0 Å². The van der Waals surface area contributed by atoms with Crippen LogP contribution in [-0.2, 0) is 14.6 Å². The standard InChI is InChI=1S/C12H20N2O5S/c1-9-8-20(18,19)5-4-14(9)12(17)13-3-2-10(7-13)6-11(15)16/h9-10H,2-8H2,1H3,(H,15,16). The maximum Gasteiger partial charge on any atom is 0.320 e. The highest BCUT2D eigenvalue weighted by molar-refractivity contribution is 7.91. The molecule has 0 radical (unpaired) electrons. The van der Waals surface area contributed by atoms with Crippen molar-refractivity contribution in [1.82, 2.24) is 9.80 Å². The van der Waals surface area contributed by atoms with Gasteiger partial charge in [0.1, 0.15) is 0 Å². The molecule has 2 rings (SSSR count). The smallest absolute Gasteiger partial charge is 0.320 e. The Bertz CT molecular complexity index is 504. The number of rotatable bonds is 2. The Kier molecular flexibility index (Phi) is 4.22. The number of hydrogen-bond acceptors (Lipinski definition) is 4. The van der Waals surface area contributed by atoms with Crippen molar-refractivity contribution >= 4 is 21.8 Å². The van der Waals surface area contributed by atoms with E-state index in [-0.39, 0.29) is 42.5 Å². The van der Waals surface area contributed by atoms with Crippen LogP contribution in [0, 0.1) is 5.92 Å². The van der Waals surface area contributed by atoms with Gasteiger partial charge in [0.15, 0.2) is 9.84 Å². The van der Waals surface area contributed by atoms with Crippen LogP contribution < -0.4 is 0 Å². The van der Waals surface area contributed by atoms with E-state index in [0.29, 0.717) is 19.5 Å². The van der Waals surface area contributed by atoms with Crippen LogP contribution in [0.15, 0.2) is 0 Å². The van der Waals surface area contributed by atoms with E-state index in [1.807, 2.05) is 0 Å². The van der Waals surface area contributed by atoms with Gasteiger partial charge < -0.3 is 14.9 Å². The third-order valence-electron chi connectivity index (χ3n) is 3.94.